The molecule has 1 aliphatic heterocycles. The summed E-state index contributed by atoms with van der Waals surface area (Å²) in [6.07, 6.45) is -0.919. The molecule has 0 radical (unpaired) electrons. The number of fused-ring (bicyclic) bond motifs is 1. The van der Waals surface area contributed by atoms with E-state index in [0.717, 1.165) is 33.4 Å². The molecule has 1 fully saturated rings. The van der Waals surface area contributed by atoms with Crippen molar-refractivity contribution >= 4 is 22.8 Å². The van der Waals surface area contributed by atoms with Gasteiger partial charge in [0.25, 0.3) is 0 Å². The molecular formula is C44H49N3O6. The van der Waals surface area contributed by atoms with Crippen LogP contribution in [0.2, 0.25) is 0 Å². The quantitative estimate of drug-likeness (QED) is 0.107. The molecule has 5 atom stereocenters. The molecule has 1 aliphatic rings. The van der Waals surface area contributed by atoms with Gasteiger partial charge in [-0.05, 0) is 77.2 Å². The van der Waals surface area contributed by atoms with Crippen LogP contribution in [0.1, 0.15) is 67.0 Å². The number of aliphatic hydroxyl groups excluding tert-OH is 1. The number of benzene rings is 5. The summed E-state index contributed by atoms with van der Waals surface area (Å²) in [5.41, 5.74) is 7.03. The largest absolute Gasteiger partial charge is 0.465 e. The lowest BCUT2D eigenvalue weighted by molar-refractivity contribution is -0.276. The Morgan fingerprint density at radius 1 is 0.811 bits per heavy atom. The van der Waals surface area contributed by atoms with E-state index < -0.39 is 18.3 Å². The summed E-state index contributed by atoms with van der Waals surface area (Å²) in [5, 5.41) is 17.4. The van der Waals surface area contributed by atoms with Crippen LogP contribution in [0, 0.1) is 5.92 Å². The minimum atomic E-state index is -0.583. The van der Waals surface area contributed by atoms with Gasteiger partial charge in [-0.25, -0.2) is 4.79 Å². The number of esters is 1. The number of amides is 2. The third-order valence-corrected chi connectivity index (χ3v) is 10.1. The average molecular weight is 716 g/mol. The van der Waals surface area contributed by atoms with Crippen molar-refractivity contribution in [2.75, 3.05) is 26.7 Å². The van der Waals surface area contributed by atoms with E-state index in [2.05, 4.69) is 91.0 Å². The number of carbonyl (C=O) groups is 2. The van der Waals surface area contributed by atoms with Gasteiger partial charge in [-0.3, -0.25) is 9.69 Å². The Balaban J connectivity index is 1.17. The van der Waals surface area contributed by atoms with Crippen molar-refractivity contribution in [3.63, 3.8) is 0 Å². The maximum absolute atomic E-state index is 12.2. The Morgan fingerprint density at radius 3 is 2.28 bits per heavy atom. The first-order chi connectivity index (χ1) is 25.7. The molecule has 53 heavy (non-hydrogen) atoms. The highest BCUT2D eigenvalue weighted by Crippen LogP contribution is 2.42. The Bertz CT molecular complexity index is 1980. The summed E-state index contributed by atoms with van der Waals surface area (Å²) < 4.78 is 18.4. The van der Waals surface area contributed by atoms with Gasteiger partial charge in [0, 0.05) is 30.6 Å². The molecule has 5 aromatic rings. The Kier molecular flexibility index (Phi) is 12.5. The summed E-state index contributed by atoms with van der Waals surface area (Å²) in [6.45, 7) is 7.23. The van der Waals surface area contributed by atoms with Gasteiger partial charge in [0.2, 0.25) is 0 Å². The highest BCUT2D eigenvalue weighted by molar-refractivity contribution is 5.83. The second-order valence-electron chi connectivity index (χ2n) is 13.7. The zero-order valence-electron chi connectivity index (χ0n) is 30.8. The molecule has 0 saturated carbocycles. The number of urea groups is 1. The van der Waals surface area contributed by atoms with Crippen LogP contribution in [0.15, 0.2) is 115 Å². The highest BCUT2D eigenvalue weighted by atomic mass is 16.7. The van der Waals surface area contributed by atoms with Gasteiger partial charge >= 0.3 is 12.0 Å². The molecule has 0 aromatic heterocycles. The van der Waals surface area contributed by atoms with E-state index in [-0.39, 0.29) is 43.9 Å². The van der Waals surface area contributed by atoms with Crippen LogP contribution in [0.25, 0.3) is 21.9 Å². The van der Waals surface area contributed by atoms with Crippen molar-refractivity contribution in [1.82, 2.24) is 15.5 Å². The van der Waals surface area contributed by atoms with E-state index in [1.807, 2.05) is 60.7 Å². The first-order valence-corrected chi connectivity index (χ1v) is 18.3. The van der Waals surface area contributed by atoms with Crippen LogP contribution >= 0.6 is 0 Å². The monoisotopic (exact) mass is 715 g/mol. The van der Waals surface area contributed by atoms with Crippen LogP contribution in [0.5, 0.6) is 0 Å². The number of nitrogens with zero attached hydrogens (tertiary/aromatic N) is 1. The number of hydrogen-bond acceptors (Lipinski definition) is 7. The van der Waals surface area contributed by atoms with Crippen molar-refractivity contribution < 1.29 is 28.9 Å². The molecule has 9 heteroatoms. The average Bonchev–Trinajstić information content (AvgIpc) is 3.20. The molecule has 5 aromatic carbocycles. The van der Waals surface area contributed by atoms with Crippen molar-refractivity contribution in [2.24, 2.45) is 5.92 Å². The van der Waals surface area contributed by atoms with Gasteiger partial charge in [-0.15, -0.1) is 0 Å². The Morgan fingerprint density at radius 2 is 1.55 bits per heavy atom. The fourth-order valence-corrected chi connectivity index (χ4v) is 6.80. The number of aliphatic hydroxyl groups is 1. The smallest absolute Gasteiger partial charge is 0.325 e. The summed E-state index contributed by atoms with van der Waals surface area (Å²) >= 11 is 0. The van der Waals surface area contributed by atoms with Crippen LogP contribution in [-0.2, 0) is 32.2 Å². The van der Waals surface area contributed by atoms with Gasteiger partial charge in [-0.1, -0.05) is 110 Å². The molecule has 1 saturated heterocycles. The zero-order valence-corrected chi connectivity index (χ0v) is 30.8. The van der Waals surface area contributed by atoms with Crippen LogP contribution in [0.4, 0.5) is 4.79 Å². The number of ether oxygens (including phenoxy) is 3. The first-order valence-electron chi connectivity index (χ1n) is 18.3. The molecule has 9 nitrogen and oxygen atoms in total. The molecule has 0 bridgehead atoms. The van der Waals surface area contributed by atoms with E-state index >= 15 is 0 Å². The van der Waals surface area contributed by atoms with Crippen molar-refractivity contribution in [3.05, 3.63) is 143 Å². The van der Waals surface area contributed by atoms with Crippen molar-refractivity contribution in [1.29, 1.82) is 0 Å². The first kappa shape index (κ1) is 37.7. The number of carbonyl (C=O) groups excluding carboxylic acids is 2. The molecule has 3 N–H and O–H groups in total. The zero-order chi connectivity index (χ0) is 37.3. The van der Waals surface area contributed by atoms with Crippen LogP contribution in [0.3, 0.4) is 0 Å². The third kappa shape index (κ3) is 9.49. The van der Waals surface area contributed by atoms with E-state index in [0.29, 0.717) is 13.1 Å². The van der Waals surface area contributed by atoms with Crippen molar-refractivity contribution in [2.45, 2.75) is 58.5 Å². The second kappa shape index (κ2) is 17.6. The molecule has 0 aliphatic carbocycles. The summed E-state index contributed by atoms with van der Waals surface area (Å²) in [7, 11) is 2.15. The molecule has 6 rings (SSSR count). The van der Waals surface area contributed by atoms with E-state index in [4.69, 9.17) is 14.2 Å². The summed E-state index contributed by atoms with van der Waals surface area (Å²) in [6, 6.07) is 39.0. The maximum Gasteiger partial charge on any atom is 0.325 e. The Labute approximate surface area is 311 Å². The number of likely N-dealkylation sites (N-methyl/N-ethyl adjacent to an activating group) is 1. The number of hydrogen-bond donors (Lipinski definition) is 3. The van der Waals surface area contributed by atoms with Gasteiger partial charge in [0.1, 0.15) is 6.54 Å². The molecule has 5 unspecified atom stereocenters. The fraction of sp³-hybridized carbons (Fsp3) is 0.318. The lowest BCUT2D eigenvalue weighted by Gasteiger charge is -2.43. The van der Waals surface area contributed by atoms with E-state index in [9.17, 15) is 14.7 Å². The number of rotatable bonds is 13. The lowest BCUT2D eigenvalue weighted by atomic mass is 9.89. The summed E-state index contributed by atoms with van der Waals surface area (Å²) in [4.78, 5) is 26.1. The predicted octanol–water partition coefficient (Wildman–Crippen LogP) is 7.85. The highest BCUT2D eigenvalue weighted by Gasteiger charge is 2.39. The minimum absolute atomic E-state index is 0.00853. The van der Waals surface area contributed by atoms with Gasteiger partial charge < -0.3 is 30.0 Å². The van der Waals surface area contributed by atoms with E-state index in [1.165, 1.54) is 16.3 Å². The topological polar surface area (TPSA) is 109 Å². The summed E-state index contributed by atoms with van der Waals surface area (Å²) in [5.74, 6) is -0.423. The van der Waals surface area contributed by atoms with Crippen LogP contribution < -0.4 is 10.6 Å². The van der Waals surface area contributed by atoms with Gasteiger partial charge in [0.05, 0.1) is 25.4 Å². The van der Waals surface area contributed by atoms with Crippen molar-refractivity contribution in [3.8, 4) is 11.1 Å². The van der Waals surface area contributed by atoms with Crippen LogP contribution in [-0.4, -0.2) is 54.9 Å². The van der Waals surface area contributed by atoms with Gasteiger partial charge in [0.15, 0.2) is 6.29 Å². The molecule has 276 valence electrons. The molecule has 0 spiro atoms. The number of nitrogens with one attached hydrogen (secondary N) is 2. The maximum atomic E-state index is 12.2. The van der Waals surface area contributed by atoms with E-state index in [1.54, 1.807) is 6.92 Å². The van der Waals surface area contributed by atoms with Gasteiger partial charge in [-0.2, -0.15) is 0 Å². The normalized spacial score (nSPS) is 19.1. The molecule has 2 amide bonds. The minimum Gasteiger partial charge on any atom is -0.465 e. The SMILES string of the molecule is CCOC(=O)CNC(=O)NCc1cccc(-c2ccc(C3OC(CN(C)C(C)c4ccc5ccccc5c4)C(C)C(c4ccc(CO)cc4)O3)cc2)c1. The fourth-order valence-electron chi connectivity index (χ4n) is 6.80. The molecular weight excluding hydrogens is 666 g/mol. The predicted molar refractivity (Wildman–Crippen MR) is 207 cm³/mol. The third-order valence-electron chi connectivity index (χ3n) is 10.1. The molecule has 1 heterocycles. The Hall–Kier alpha value is -5.06. The second-order valence-corrected chi connectivity index (χ2v) is 13.7. The lowest BCUT2D eigenvalue weighted by Crippen LogP contribution is -2.44. The standard InChI is InChI=1S/C44H49N3O6/c1-5-51-41(49)26-46-44(50)45-25-32-9-8-12-38(23-32)34-17-20-36(21-18-34)43-52-40(29(2)42(53-43)35-15-13-31(28-48)14-16-35)27-47(4)30(3)37-22-19-33-10-6-7-11-39(33)24-37/h6-24,29-30,40,42-43,48H,5,25-28H2,1-4H3,(H2,45,46,50).